The lowest BCUT2D eigenvalue weighted by atomic mass is 10.2. The summed E-state index contributed by atoms with van der Waals surface area (Å²) in [5, 5.41) is 3.21. The molecule has 1 aliphatic rings. The quantitative estimate of drug-likeness (QED) is 0.574. The molecule has 3 heteroatoms. The van der Waals surface area contributed by atoms with Gasteiger partial charge in [-0.25, -0.2) is 0 Å². The molecular weight excluding hydrogens is 152 g/mol. The van der Waals surface area contributed by atoms with Gasteiger partial charge in [-0.3, -0.25) is 4.79 Å². The Hall–Kier alpha value is -0.830. The monoisotopic (exact) mass is 168 g/mol. The molecule has 0 aromatic heterocycles. The van der Waals surface area contributed by atoms with Gasteiger partial charge in [0.1, 0.15) is 0 Å². The number of nitrogens with zero attached hydrogens (tertiary/aromatic N) is 1. The maximum Gasteiger partial charge on any atom is 0.249 e. The number of piperazine rings is 1. The fraction of sp³-hybridized carbons (Fsp3) is 0.667. The van der Waals surface area contributed by atoms with Crippen molar-refractivity contribution in [2.75, 3.05) is 26.2 Å². The largest absolute Gasteiger partial charge is 0.336 e. The summed E-state index contributed by atoms with van der Waals surface area (Å²) in [4.78, 5) is 13.5. The summed E-state index contributed by atoms with van der Waals surface area (Å²) in [6.45, 7) is 7.28. The van der Waals surface area contributed by atoms with Crippen LogP contribution < -0.4 is 5.32 Å². The zero-order valence-corrected chi connectivity index (χ0v) is 7.76. The summed E-state index contributed by atoms with van der Waals surface area (Å²) >= 11 is 0. The van der Waals surface area contributed by atoms with Gasteiger partial charge in [0.2, 0.25) is 5.91 Å². The molecule has 0 aliphatic carbocycles. The van der Waals surface area contributed by atoms with E-state index >= 15 is 0 Å². The SMILES string of the molecule is C/C=C(\C)C(=O)N1CCNCC1. The predicted octanol–water partition coefficient (Wildman–Crippen LogP) is 0.384. The Kier molecular flexibility index (Phi) is 3.29. The summed E-state index contributed by atoms with van der Waals surface area (Å²) in [6.07, 6.45) is 1.87. The topological polar surface area (TPSA) is 32.3 Å². The minimum Gasteiger partial charge on any atom is -0.336 e. The van der Waals surface area contributed by atoms with Crippen LogP contribution in [0.1, 0.15) is 13.8 Å². The van der Waals surface area contributed by atoms with Gasteiger partial charge in [-0.2, -0.15) is 0 Å². The van der Waals surface area contributed by atoms with E-state index < -0.39 is 0 Å². The second kappa shape index (κ2) is 4.26. The third-order valence-corrected chi connectivity index (χ3v) is 2.17. The van der Waals surface area contributed by atoms with Crippen molar-refractivity contribution in [3.8, 4) is 0 Å². The van der Waals surface area contributed by atoms with Gasteiger partial charge in [0.05, 0.1) is 0 Å². The second-order valence-corrected chi connectivity index (χ2v) is 3.01. The van der Waals surface area contributed by atoms with Crippen molar-refractivity contribution in [1.82, 2.24) is 10.2 Å². The highest BCUT2D eigenvalue weighted by molar-refractivity contribution is 5.92. The molecule has 1 saturated heterocycles. The summed E-state index contributed by atoms with van der Waals surface area (Å²) in [6, 6.07) is 0. The van der Waals surface area contributed by atoms with E-state index in [0.29, 0.717) is 0 Å². The first kappa shape index (κ1) is 9.26. The molecule has 0 radical (unpaired) electrons. The van der Waals surface area contributed by atoms with Crippen molar-refractivity contribution in [2.45, 2.75) is 13.8 Å². The molecule has 1 amide bonds. The smallest absolute Gasteiger partial charge is 0.249 e. The third-order valence-electron chi connectivity index (χ3n) is 2.17. The Labute approximate surface area is 73.4 Å². The lowest BCUT2D eigenvalue weighted by Crippen LogP contribution is -2.46. The van der Waals surface area contributed by atoms with Crippen molar-refractivity contribution >= 4 is 5.91 Å². The molecule has 1 rings (SSSR count). The van der Waals surface area contributed by atoms with Gasteiger partial charge in [0.25, 0.3) is 0 Å². The number of nitrogens with one attached hydrogen (secondary N) is 1. The van der Waals surface area contributed by atoms with Gasteiger partial charge in [0.15, 0.2) is 0 Å². The Balaban J connectivity index is 2.51. The van der Waals surface area contributed by atoms with Gasteiger partial charge >= 0.3 is 0 Å². The Morgan fingerprint density at radius 3 is 2.50 bits per heavy atom. The van der Waals surface area contributed by atoms with Gasteiger partial charge in [-0.15, -0.1) is 0 Å². The second-order valence-electron chi connectivity index (χ2n) is 3.01. The van der Waals surface area contributed by atoms with Crippen molar-refractivity contribution < 1.29 is 4.79 Å². The van der Waals surface area contributed by atoms with Crippen LogP contribution in [0.15, 0.2) is 11.6 Å². The van der Waals surface area contributed by atoms with Crippen LogP contribution in [0.3, 0.4) is 0 Å². The summed E-state index contributed by atoms with van der Waals surface area (Å²) < 4.78 is 0. The van der Waals surface area contributed by atoms with E-state index in [4.69, 9.17) is 0 Å². The van der Waals surface area contributed by atoms with Crippen molar-refractivity contribution in [3.05, 3.63) is 11.6 Å². The standard InChI is InChI=1S/C9H16N2O/c1-3-8(2)9(12)11-6-4-10-5-7-11/h3,10H,4-7H2,1-2H3/b8-3+. The van der Waals surface area contributed by atoms with Crippen LogP contribution >= 0.6 is 0 Å². The van der Waals surface area contributed by atoms with E-state index in [9.17, 15) is 4.79 Å². The van der Waals surface area contributed by atoms with E-state index in [1.165, 1.54) is 0 Å². The van der Waals surface area contributed by atoms with Crippen LogP contribution in [0.2, 0.25) is 0 Å². The normalized spacial score (nSPS) is 19.5. The highest BCUT2D eigenvalue weighted by Gasteiger charge is 2.16. The number of hydrogen-bond acceptors (Lipinski definition) is 2. The maximum atomic E-state index is 11.6. The highest BCUT2D eigenvalue weighted by atomic mass is 16.2. The van der Waals surface area contributed by atoms with Crippen LogP contribution in [0.5, 0.6) is 0 Å². The van der Waals surface area contributed by atoms with Crippen LogP contribution in [-0.2, 0) is 4.79 Å². The average molecular weight is 168 g/mol. The predicted molar refractivity (Wildman–Crippen MR) is 48.9 cm³/mol. The molecule has 68 valence electrons. The molecule has 1 N–H and O–H groups in total. The van der Waals surface area contributed by atoms with E-state index in [1.807, 2.05) is 24.8 Å². The first-order valence-corrected chi connectivity index (χ1v) is 4.38. The molecule has 0 spiro atoms. The number of carbonyl (C=O) groups excluding carboxylic acids is 1. The molecular formula is C9H16N2O. The lowest BCUT2D eigenvalue weighted by Gasteiger charge is -2.27. The zero-order chi connectivity index (χ0) is 8.97. The minimum absolute atomic E-state index is 0.180. The van der Waals surface area contributed by atoms with Crippen molar-refractivity contribution in [3.63, 3.8) is 0 Å². The Bertz CT molecular complexity index is 193. The molecule has 0 bridgehead atoms. The molecule has 3 nitrogen and oxygen atoms in total. The molecule has 1 fully saturated rings. The number of carbonyl (C=O) groups is 1. The minimum atomic E-state index is 0.180. The lowest BCUT2D eigenvalue weighted by molar-refractivity contribution is -0.127. The van der Waals surface area contributed by atoms with E-state index in [1.54, 1.807) is 0 Å². The first-order valence-electron chi connectivity index (χ1n) is 4.38. The summed E-state index contributed by atoms with van der Waals surface area (Å²) in [5.74, 6) is 0.180. The fourth-order valence-electron chi connectivity index (χ4n) is 1.24. The molecule has 0 saturated carbocycles. The van der Waals surface area contributed by atoms with E-state index in [-0.39, 0.29) is 5.91 Å². The summed E-state index contributed by atoms with van der Waals surface area (Å²) in [7, 11) is 0. The zero-order valence-electron chi connectivity index (χ0n) is 7.76. The Morgan fingerprint density at radius 2 is 2.00 bits per heavy atom. The fourth-order valence-corrected chi connectivity index (χ4v) is 1.24. The molecule has 12 heavy (non-hydrogen) atoms. The highest BCUT2D eigenvalue weighted by Crippen LogP contribution is 2.01. The Morgan fingerprint density at radius 1 is 1.42 bits per heavy atom. The van der Waals surface area contributed by atoms with E-state index in [2.05, 4.69) is 5.32 Å². The van der Waals surface area contributed by atoms with Crippen LogP contribution in [0.25, 0.3) is 0 Å². The molecule has 0 unspecified atom stereocenters. The number of amides is 1. The van der Waals surface area contributed by atoms with Crippen molar-refractivity contribution in [1.29, 1.82) is 0 Å². The maximum absolute atomic E-state index is 11.6. The molecule has 0 aromatic carbocycles. The number of rotatable bonds is 1. The van der Waals surface area contributed by atoms with Gasteiger partial charge in [-0.05, 0) is 13.8 Å². The number of hydrogen-bond donors (Lipinski definition) is 1. The average Bonchev–Trinajstić information content (AvgIpc) is 2.17. The third kappa shape index (κ3) is 2.08. The number of allylic oxidation sites excluding steroid dienone is 1. The molecule has 1 heterocycles. The van der Waals surface area contributed by atoms with E-state index in [0.717, 1.165) is 31.8 Å². The first-order chi connectivity index (χ1) is 5.75. The molecule has 1 aliphatic heterocycles. The van der Waals surface area contributed by atoms with Crippen molar-refractivity contribution in [2.24, 2.45) is 0 Å². The van der Waals surface area contributed by atoms with Crippen LogP contribution in [0.4, 0.5) is 0 Å². The molecule has 0 aromatic rings. The van der Waals surface area contributed by atoms with Gasteiger partial charge in [0, 0.05) is 31.8 Å². The van der Waals surface area contributed by atoms with Gasteiger partial charge < -0.3 is 10.2 Å². The van der Waals surface area contributed by atoms with Gasteiger partial charge in [-0.1, -0.05) is 6.08 Å². The van der Waals surface area contributed by atoms with Crippen LogP contribution in [-0.4, -0.2) is 37.0 Å². The summed E-state index contributed by atoms with van der Waals surface area (Å²) in [5.41, 5.74) is 0.844. The van der Waals surface area contributed by atoms with Crippen LogP contribution in [0, 0.1) is 0 Å². The molecule has 0 atom stereocenters.